The summed E-state index contributed by atoms with van der Waals surface area (Å²) in [6.45, 7) is 7.42. The molecule has 0 amide bonds. The van der Waals surface area contributed by atoms with Crippen LogP contribution < -0.4 is 5.32 Å². The number of nitrogens with one attached hydrogen (secondary N) is 1. The summed E-state index contributed by atoms with van der Waals surface area (Å²) in [6.07, 6.45) is 0. The molecule has 0 bridgehead atoms. The van der Waals surface area contributed by atoms with Gasteiger partial charge in [0.1, 0.15) is 0 Å². The summed E-state index contributed by atoms with van der Waals surface area (Å²) >= 11 is 0. The molecule has 0 aromatic carbocycles. The average molecular weight is 163 g/mol. The summed E-state index contributed by atoms with van der Waals surface area (Å²) in [4.78, 5) is 4.32. The van der Waals surface area contributed by atoms with E-state index < -0.39 is 0 Å². The number of halogens is 1. The fraction of sp³-hybridized carbons (Fsp3) is 0.857. The molecule has 3 heteroatoms. The topological polar surface area (TPSA) is 24.4 Å². The maximum absolute atomic E-state index is 4.32. The normalized spacial score (nSPS) is 23.6. The molecule has 0 fully saturated rings. The quantitative estimate of drug-likeness (QED) is 0.620. The average Bonchev–Trinajstić information content (AvgIpc) is 2.14. The van der Waals surface area contributed by atoms with E-state index in [1.54, 1.807) is 0 Å². The molecule has 0 saturated carbocycles. The first-order chi connectivity index (χ1) is 4.20. The minimum Gasteiger partial charge on any atom is -0.369 e. The largest absolute Gasteiger partial charge is 0.369 e. The van der Waals surface area contributed by atoms with Gasteiger partial charge in [-0.05, 0) is 6.92 Å². The number of hydrogen-bond donors (Lipinski definition) is 1. The Kier molecular flexibility index (Phi) is 3.72. The Bertz CT molecular complexity index is 132. The van der Waals surface area contributed by atoms with Gasteiger partial charge in [-0.25, -0.2) is 0 Å². The fourth-order valence-electron chi connectivity index (χ4n) is 0.928. The van der Waals surface area contributed by atoms with Crippen LogP contribution in [-0.4, -0.2) is 18.4 Å². The van der Waals surface area contributed by atoms with Gasteiger partial charge in [-0.15, -0.1) is 12.4 Å². The van der Waals surface area contributed by atoms with Gasteiger partial charge in [0, 0.05) is 12.0 Å². The number of rotatable bonds is 1. The molecule has 2 nitrogen and oxygen atoms in total. The molecule has 1 aliphatic heterocycles. The van der Waals surface area contributed by atoms with Crippen LogP contribution in [-0.2, 0) is 0 Å². The van der Waals surface area contributed by atoms with Crippen LogP contribution in [0.15, 0.2) is 4.99 Å². The molecular formula is C7H15ClN2. The molecule has 0 aliphatic carbocycles. The lowest BCUT2D eigenvalue weighted by atomic mass is 10.2. The van der Waals surface area contributed by atoms with Gasteiger partial charge in [-0.3, -0.25) is 4.99 Å². The minimum atomic E-state index is 0. The molecule has 0 aromatic rings. The van der Waals surface area contributed by atoms with Crippen molar-refractivity contribution in [1.29, 1.82) is 0 Å². The van der Waals surface area contributed by atoms with Crippen molar-refractivity contribution in [1.82, 2.24) is 5.32 Å². The highest BCUT2D eigenvalue weighted by Gasteiger charge is 2.13. The summed E-state index contributed by atoms with van der Waals surface area (Å²) in [7, 11) is 0. The summed E-state index contributed by atoms with van der Waals surface area (Å²) < 4.78 is 0. The van der Waals surface area contributed by atoms with Crippen LogP contribution in [0, 0.1) is 5.92 Å². The SMILES string of the molecule is CC1CN=C(C(C)C)N1.Cl. The van der Waals surface area contributed by atoms with E-state index in [4.69, 9.17) is 0 Å². The lowest BCUT2D eigenvalue weighted by Gasteiger charge is -2.07. The fourth-order valence-corrected chi connectivity index (χ4v) is 0.928. The smallest absolute Gasteiger partial charge is 0.0992 e. The standard InChI is InChI=1S/C7H14N2.ClH/c1-5(2)7-8-4-6(3)9-7;/h5-6H,4H2,1-3H3,(H,8,9);1H. The van der Waals surface area contributed by atoms with Gasteiger partial charge >= 0.3 is 0 Å². The van der Waals surface area contributed by atoms with Crippen molar-refractivity contribution in [3.63, 3.8) is 0 Å². The van der Waals surface area contributed by atoms with Gasteiger partial charge in [-0.1, -0.05) is 13.8 Å². The molecule has 1 aliphatic rings. The van der Waals surface area contributed by atoms with Crippen molar-refractivity contribution in [2.75, 3.05) is 6.54 Å². The Morgan fingerprint density at radius 1 is 1.60 bits per heavy atom. The van der Waals surface area contributed by atoms with E-state index in [1.807, 2.05) is 0 Å². The van der Waals surface area contributed by atoms with Crippen LogP contribution in [0.4, 0.5) is 0 Å². The zero-order chi connectivity index (χ0) is 6.85. The van der Waals surface area contributed by atoms with E-state index in [-0.39, 0.29) is 12.4 Å². The molecule has 1 rings (SSSR count). The van der Waals surface area contributed by atoms with Gasteiger partial charge < -0.3 is 5.32 Å². The number of hydrogen-bond acceptors (Lipinski definition) is 2. The third-order valence-electron chi connectivity index (χ3n) is 1.48. The van der Waals surface area contributed by atoms with Gasteiger partial charge in [0.2, 0.25) is 0 Å². The first-order valence-electron chi connectivity index (χ1n) is 3.51. The summed E-state index contributed by atoms with van der Waals surface area (Å²) in [5.41, 5.74) is 0. The van der Waals surface area contributed by atoms with Crippen molar-refractivity contribution in [3.05, 3.63) is 0 Å². The van der Waals surface area contributed by atoms with Crippen molar-refractivity contribution >= 4 is 18.2 Å². The molecule has 1 heterocycles. The zero-order valence-electron chi connectivity index (χ0n) is 6.72. The van der Waals surface area contributed by atoms with Gasteiger partial charge in [0.05, 0.1) is 12.4 Å². The number of aliphatic imine (C=N–C) groups is 1. The number of nitrogens with zero attached hydrogens (tertiary/aromatic N) is 1. The monoisotopic (exact) mass is 162 g/mol. The van der Waals surface area contributed by atoms with Crippen molar-refractivity contribution in [2.45, 2.75) is 26.8 Å². The maximum atomic E-state index is 4.32. The third-order valence-corrected chi connectivity index (χ3v) is 1.48. The lowest BCUT2D eigenvalue weighted by Crippen LogP contribution is -2.30. The highest BCUT2D eigenvalue weighted by molar-refractivity contribution is 5.85. The molecule has 60 valence electrons. The van der Waals surface area contributed by atoms with E-state index in [0.717, 1.165) is 6.54 Å². The molecule has 1 atom stereocenters. The highest BCUT2D eigenvalue weighted by atomic mass is 35.5. The Morgan fingerprint density at radius 2 is 2.20 bits per heavy atom. The first kappa shape index (κ1) is 9.76. The second-order valence-electron chi connectivity index (χ2n) is 2.93. The molecule has 0 saturated heterocycles. The highest BCUT2D eigenvalue weighted by Crippen LogP contribution is 2.02. The summed E-state index contributed by atoms with van der Waals surface area (Å²) in [5.74, 6) is 1.73. The van der Waals surface area contributed by atoms with Gasteiger partial charge in [0.15, 0.2) is 0 Å². The molecule has 1 N–H and O–H groups in total. The molecule has 1 unspecified atom stereocenters. The van der Waals surface area contributed by atoms with Crippen LogP contribution in [0.1, 0.15) is 20.8 Å². The Balaban J connectivity index is 0.000000810. The summed E-state index contributed by atoms with van der Waals surface area (Å²) in [6, 6.07) is 0.558. The van der Waals surface area contributed by atoms with Crippen molar-refractivity contribution in [2.24, 2.45) is 10.9 Å². The van der Waals surface area contributed by atoms with E-state index in [1.165, 1.54) is 5.84 Å². The van der Waals surface area contributed by atoms with Crippen molar-refractivity contribution < 1.29 is 0 Å². The van der Waals surface area contributed by atoms with Crippen LogP contribution in [0.5, 0.6) is 0 Å². The van der Waals surface area contributed by atoms with E-state index in [2.05, 4.69) is 31.1 Å². The minimum absolute atomic E-state index is 0. The molecule has 0 radical (unpaired) electrons. The van der Waals surface area contributed by atoms with Crippen LogP contribution in [0.2, 0.25) is 0 Å². The third kappa shape index (κ3) is 2.18. The maximum Gasteiger partial charge on any atom is 0.0992 e. The first-order valence-corrected chi connectivity index (χ1v) is 3.51. The molecule has 0 spiro atoms. The molecular weight excluding hydrogens is 148 g/mol. The van der Waals surface area contributed by atoms with Gasteiger partial charge in [-0.2, -0.15) is 0 Å². The van der Waals surface area contributed by atoms with Crippen molar-refractivity contribution in [3.8, 4) is 0 Å². The van der Waals surface area contributed by atoms with Gasteiger partial charge in [0.25, 0.3) is 0 Å². The Hall–Kier alpha value is -0.240. The lowest BCUT2D eigenvalue weighted by molar-refractivity contribution is 0.708. The van der Waals surface area contributed by atoms with Crippen LogP contribution >= 0.6 is 12.4 Å². The zero-order valence-corrected chi connectivity index (χ0v) is 7.53. The second kappa shape index (κ2) is 3.81. The van der Waals surface area contributed by atoms with Crippen LogP contribution in [0.25, 0.3) is 0 Å². The number of amidine groups is 1. The van der Waals surface area contributed by atoms with E-state index in [9.17, 15) is 0 Å². The predicted octanol–water partition coefficient (Wildman–Crippen LogP) is 1.45. The second-order valence-corrected chi connectivity index (χ2v) is 2.93. The van der Waals surface area contributed by atoms with E-state index >= 15 is 0 Å². The van der Waals surface area contributed by atoms with E-state index in [0.29, 0.717) is 12.0 Å². The summed E-state index contributed by atoms with van der Waals surface area (Å²) in [5, 5.41) is 3.30. The Labute approximate surface area is 68.5 Å². The predicted molar refractivity (Wildman–Crippen MR) is 47.0 cm³/mol. The molecule has 10 heavy (non-hydrogen) atoms. The molecule has 0 aromatic heterocycles. The Morgan fingerprint density at radius 3 is 2.40 bits per heavy atom. The van der Waals surface area contributed by atoms with Crippen LogP contribution in [0.3, 0.4) is 0 Å².